The molecule has 0 saturated carbocycles. The molecule has 1 saturated heterocycles. The van der Waals surface area contributed by atoms with Gasteiger partial charge in [0.15, 0.2) is 0 Å². The molecule has 4 nitrogen and oxygen atoms in total. The number of hydrogen-bond acceptors (Lipinski definition) is 3. The first-order valence-electron chi connectivity index (χ1n) is 7.57. The molecule has 2 aromatic rings. The molecular weight excluding hydrogens is 248 g/mol. The highest BCUT2D eigenvalue weighted by molar-refractivity contribution is 5.78. The second kappa shape index (κ2) is 5.94. The number of rotatable bonds is 4. The van der Waals surface area contributed by atoms with Crippen LogP contribution in [0, 0.1) is 0 Å². The number of benzene rings is 1. The van der Waals surface area contributed by atoms with Gasteiger partial charge in [-0.1, -0.05) is 18.6 Å². The molecule has 1 aromatic heterocycles. The van der Waals surface area contributed by atoms with Crippen LogP contribution in [-0.4, -0.2) is 41.5 Å². The maximum atomic E-state index is 4.84. The summed E-state index contributed by atoms with van der Waals surface area (Å²) in [5.41, 5.74) is 3.59. The van der Waals surface area contributed by atoms with Gasteiger partial charge in [-0.05, 0) is 45.1 Å². The van der Waals surface area contributed by atoms with E-state index in [2.05, 4.69) is 47.5 Å². The average molecular weight is 272 g/mol. The van der Waals surface area contributed by atoms with Gasteiger partial charge < -0.3 is 15.2 Å². The lowest BCUT2D eigenvalue weighted by Crippen LogP contribution is -2.35. The third-order valence-electron chi connectivity index (χ3n) is 3.98. The Labute approximate surface area is 120 Å². The quantitative estimate of drug-likeness (QED) is 0.897. The lowest BCUT2D eigenvalue weighted by atomic mass is 10.0. The molecule has 2 heterocycles. The highest BCUT2D eigenvalue weighted by atomic mass is 15.1. The summed E-state index contributed by atoms with van der Waals surface area (Å²) in [4.78, 5) is 10.5. The number of hydrogen-bond donors (Lipinski definition) is 2. The standard InChI is InChI=1S/C16H24N4/c1-20(2)11-12-6-5-8-14-16(12)19-15(18-14)10-13-7-3-4-9-17-13/h5-6,8,13,17H,3-4,7,9-11H2,1-2H3,(H,18,19). The molecule has 1 fully saturated rings. The van der Waals surface area contributed by atoms with Crippen LogP contribution in [0.4, 0.5) is 0 Å². The molecule has 0 amide bonds. The molecule has 2 N–H and O–H groups in total. The number of H-pyrrole nitrogens is 1. The fraction of sp³-hybridized carbons (Fsp3) is 0.562. The van der Waals surface area contributed by atoms with Crippen molar-refractivity contribution in [2.75, 3.05) is 20.6 Å². The summed E-state index contributed by atoms with van der Waals surface area (Å²) in [6, 6.07) is 6.99. The van der Waals surface area contributed by atoms with E-state index < -0.39 is 0 Å². The Balaban J connectivity index is 1.82. The van der Waals surface area contributed by atoms with E-state index in [4.69, 9.17) is 4.98 Å². The molecule has 1 unspecified atom stereocenters. The van der Waals surface area contributed by atoms with Crippen molar-refractivity contribution in [3.8, 4) is 0 Å². The van der Waals surface area contributed by atoms with Gasteiger partial charge in [0, 0.05) is 19.0 Å². The minimum absolute atomic E-state index is 0.585. The lowest BCUT2D eigenvalue weighted by Gasteiger charge is -2.22. The topological polar surface area (TPSA) is 44.0 Å². The van der Waals surface area contributed by atoms with Gasteiger partial charge >= 0.3 is 0 Å². The van der Waals surface area contributed by atoms with Crippen LogP contribution in [-0.2, 0) is 13.0 Å². The van der Waals surface area contributed by atoms with E-state index in [-0.39, 0.29) is 0 Å². The summed E-state index contributed by atoms with van der Waals surface area (Å²) in [7, 11) is 4.19. The van der Waals surface area contributed by atoms with E-state index in [0.717, 1.165) is 36.4 Å². The summed E-state index contributed by atoms with van der Waals surface area (Å²) in [5, 5.41) is 3.59. The van der Waals surface area contributed by atoms with Crippen molar-refractivity contribution >= 4 is 11.0 Å². The highest BCUT2D eigenvalue weighted by Crippen LogP contribution is 2.19. The molecule has 1 aromatic carbocycles. The first-order valence-corrected chi connectivity index (χ1v) is 7.57. The molecule has 0 aliphatic carbocycles. The fourth-order valence-electron chi connectivity index (χ4n) is 3.04. The van der Waals surface area contributed by atoms with Gasteiger partial charge in [-0.2, -0.15) is 0 Å². The predicted octanol–water partition coefficient (Wildman–Crippen LogP) is 2.31. The van der Waals surface area contributed by atoms with Gasteiger partial charge in [0.25, 0.3) is 0 Å². The van der Waals surface area contributed by atoms with Crippen LogP contribution >= 0.6 is 0 Å². The Morgan fingerprint density at radius 3 is 2.95 bits per heavy atom. The maximum absolute atomic E-state index is 4.84. The normalized spacial score (nSPS) is 19.9. The number of para-hydroxylation sites is 1. The van der Waals surface area contributed by atoms with E-state index in [0.29, 0.717) is 6.04 Å². The maximum Gasteiger partial charge on any atom is 0.108 e. The van der Waals surface area contributed by atoms with Gasteiger partial charge in [-0.25, -0.2) is 4.98 Å². The van der Waals surface area contributed by atoms with Crippen molar-refractivity contribution in [1.29, 1.82) is 0 Å². The van der Waals surface area contributed by atoms with Crippen LogP contribution < -0.4 is 5.32 Å². The van der Waals surface area contributed by atoms with Crippen LogP contribution in [0.5, 0.6) is 0 Å². The second-order valence-electron chi connectivity index (χ2n) is 6.09. The zero-order chi connectivity index (χ0) is 13.9. The van der Waals surface area contributed by atoms with Crippen molar-refractivity contribution in [3.63, 3.8) is 0 Å². The molecule has 0 bridgehead atoms. The number of nitrogens with one attached hydrogen (secondary N) is 2. The third-order valence-corrected chi connectivity index (χ3v) is 3.98. The van der Waals surface area contributed by atoms with E-state index >= 15 is 0 Å². The van der Waals surface area contributed by atoms with Crippen LogP contribution in [0.1, 0.15) is 30.7 Å². The highest BCUT2D eigenvalue weighted by Gasteiger charge is 2.15. The zero-order valence-corrected chi connectivity index (χ0v) is 12.4. The minimum Gasteiger partial charge on any atom is -0.342 e. The molecule has 3 rings (SSSR count). The summed E-state index contributed by atoms with van der Waals surface area (Å²) in [6.45, 7) is 2.08. The number of aromatic nitrogens is 2. The van der Waals surface area contributed by atoms with E-state index in [9.17, 15) is 0 Å². The van der Waals surface area contributed by atoms with Crippen LogP contribution in [0.25, 0.3) is 11.0 Å². The first-order chi connectivity index (χ1) is 9.72. The van der Waals surface area contributed by atoms with E-state index in [1.54, 1.807) is 0 Å². The largest absolute Gasteiger partial charge is 0.342 e. The Bertz CT molecular complexity index is 567. The molecule has 0 spiro atoms. The van der Waals surface area contributed by atoms with Crippen LogP contribution in [0.15, 0.2) is 18.2 Å². The molecule has 1 atom stereocenters. The molecule has 1 aliphatic heterocycles. The van der Waals surface area contributed by atoms with Crippen molar-refractivity contribution in [3.05, 3.63) is 29.6 Å². The zero-order valence-electron chi connectivity index (χ0n) is 12.4. The van der Waals surface area contributed by atoms with Crippen molar-refractivity contribution < 1.29 is 0 Å². The Kier molecular flexibility index (Phi) is 4.03. The number of imidazole rings is 1. The van der Waals surface area contributed by atoms with E-state index in [1.807, 2.05) is 0 Å². The third kappa shape index (κ3) is 3.02. The molecule has 108 valence electrons. The molecule has 20 heavy (non-hydrogen) atoms. The number of piperidine rings is 1. The predicted molar refractivity (Wildman–Crippen MR) is 82.8 cm³/mol. The van der Waals surface area contributed by atoms with Crippen LogP contribution in [0.2, 0.25) is 0 Å². The molecule has 1 aliphatic rings. The Hall–Kier alpha value is -1.39. The van der Waals surface area contributed by atoms with Crippen molar-refractivity contribution in [1.82, 2.24) is 20.2 Å². The van der Waals surface area contributed by atoms with Gasteiger partial charge in [-0.3, -0.25) is 0 Å². The Morgan fingerprint density at radius 1 is 1.30 bits per heavy atom. The van der Waals surface area contributed by atoms with Gasteiger partial charge in [0.2, 0.25) is 0 Å². The van der Waals surface area contributed by atoms with Gasteiger partial charge in [0.05, 0.1) is 11.0 Å². The molecule has 0 radical (unpaired) electrons. The number of fused-ring (bicyclic) bond motifs is 1. The van der Waals surface area contributed by atoms with Crippen molar-refractivity contribution in [2.45, 2.75) is 38.3 Å². The first kappa shape index (κ1) is 13.6. The average Bonchev–Trinajstić information content (AvgIpc) is 2.83. The summed E-state index contributed by atoms with van der Waals surface area (Å²) in [6.07, 6.45) is 4.92. The summed E-state index contributed by atoms with van der Waals surface area (Å²) < 4.78 is 0. The minimum atomic E-state index is 0.585. The van der Waals surface area contributed by atoms with Gasteiger partial charge in [0.1, 0.15) is 5.82 Å². The SMILES string of the molecule is CN(C)Cc1cccc2[nH]c(CC3CCCCN3)nc12. The fourth-order valence-corrected chi connectivity index (χ4v) is 3.04. The van der Waals surface area contributed by atoms with Gasteiger partial charge in [-0.15, -0.1) is 0 Å². The molecule has 4 heteroatoms. The number of nitrogens with zero attached hydrogens (tertiary/aromatic N) is 2. The second-order valence-corrected chi connectivity index (χ2v) is 6.09. The lowest BCUT2D eigenvalue weighted by molar-refractivity contribution is 0.395. The summed E-state index contributed by atoms with van der Waals surface area (Å²) in [5.74, 6) is 1.12. The Morgan fingerprint density at radius 2 is 2.20 bits per heavy atom. The van der Waals surface area contributed by atoms with E-state index in [1.165, 1.54) is 24.8 Å². The smallest absolute Gasteiger partial charge is 0.108 e. The monoisotopic (exact) mass is 272 g/mol. The summed E-state index contributed by atoms with van der Waals surface area (Å²) >= 11 is 0. The number of aromatic amines is 1. The van der Waals surface area contributed by atoms with Crippen LogP contribution in [0.3, 0.4) is 0 Å². The van der Waals surface area contributed by atoms with Crippen molar-refractivity contribution in [2.24, 2.45) is 0 Å². The molecular formula is C16H24N4.